The molecule has 1 aliphatic heterocycles. The maximum atomic E-state index is 11.1. The molecule has 1 atom stereocenters. The fourth-order valence-corrected chi connectivity index (χ4v) is 2.74. The predicted octanol–water partition coefficient (Wildman–Crippen LogP) is 2.32. The zero-order valence-corrected chi connectivity index (χ0v) is 12.0. The minimum Gasteiger partial charge on any atom is -0.493 e. The van der Waals surface area contributed by atoms with Crippen molar-refractivity contribution in [3.8, 4) is 11.5 Å². The highest BCUT2D eigenvalue weighted by Gasteiger charge is 2.26. The van der Waals surface area contributed by atoms with Crippen molar-refractivity contribution in [2.24, 2.45) is 0 Å². The lowest BCUT2D eigenvalue weighted by atomic mass is 10.0. The topological polar surface area (TPSA) is 59.0 Å². The quantitative estimate of drug-likeness (QED) is 0.866. The standard InChI is InChI=1S/C15H21NO4/c1-19-13-6-5-11(9-14(13)20-2)12(10-15(17)18)16-7-3-4-8-16/h5-6,9,12H,3-4,7-8,10H2,1-2H3,(H,17,18). The van der Waals surface area contributed by atoms with Crippen LogP contribution in [0.3, 0.4) is 0 Å². The molecule has 110 valence electrons. The maximum Gasteiger partial charge on any atom is 0.305 e. The average molecular weight is 279 g/mol. The Morgan fingerprint density at radius 1 is 1.25 bits per heavy atom. The van der Waals surface area contributed by atoms with E-state index in [-0.39, 0.29) is 12.5 Å². The monoisotopic (exact) mass is 279 g/mol. The Morgan fingerprint density at radius 3 is 2.45 bits per heavy atom. The maximum absolute atomic E-state index is 11.1. The third-order valence-electron chi connectivity index (χ3n) is 3.74. The number of likely N-dealkylation sites (tertiary alicyclic amines) is 1. The van der Waals surface area contributed by atoms with Crippen molar-refractivity contribution >= 4 is 5.97 Å². The molecule has 5 heteroatoms. The molecule has 0 radical (unpaired) electrons. The zero-order valence-electron chi connectivity index (χ0n) is 12.0. The first-order chi connectivity index (χ1) is 9.65. The van der Waals surface area contributed by atoms with Crippen molar-refractivity contribution < 1.29 is 19.4 Å². The molecule has 20 heavy (non-hydrogen) atoms. The molecule has 0 saturated carbocycles. The SMILES string of the molecule is COc1ccc(C(CC(=O)O)N2CCCC2)cc1OC. The lowest BCUT2D eigenvalue weighted by Gasteiger charge is -2.27. The normalized spacial score (nSPS) is 16.9. The van der Waals surface area contributed by atoms with Crippen LogP contribution < -0.4 is 9.47 Å². The first-order valence-electron chi connectivity index (χ1n) is 6.83. The number of ether oxygens (including phenoxy) is 2. The molecule has 1 saturated heterocycles. The zero-order chi connectivity index (χ0) is 14.5. The summed E-state index contributed by atoms with van der Waals surface area (Å²) in [6.45, 7) is 1.90. The van der Waals surface area contributed by atoms with Crippen molar-refractivity contribution in [2.45, 2.75) is 25.3 Å². The molecule has 1 aromatic rings. The summed E-state index contributed by atoms with van der Waals surface area (Å²) in [6.07, 6.45) is 2.36. The number of nitrogens with zero attached hydrogens (tertiary/aromatic N) is 1. The smallest absolute Gasteiger partial charge is 0.305 e. The van der Waals surface area contributed by atoms with Gasteiger partial charge in [0.1, 0.15) is 0 Å². The summed E-state index contributed by atoms with van der Waals surface area (Å²) in [6, 6.07) is 5.53. The van der Waals surface area contributed by atoms with Gasteiger partial charge in [-0.2, -0.15) is 0 Å². The summed E-state index contributed by atoms with van der Waals surface area (Å²) >= 11 is 0. The average Bonchev–Trinajstić information content (AvgIpc) is 2.97. The number of hydrogen-bond acceptors (Lipinski definition) is 4. The third-order valence-corrected chi connectivity index (χ3v) is 3.74. The number of carbonyl (C=O) groups is 1. The minimum atomic E-state index is -0.781. The highest BCUT2D eigenvalue weighted by atomic mass is 16.5. The number of aliphatic carboxylic acids is 1. The van der Waals surface area contributed by atoms with Crippen molar-refractivity contribution in [3.63, 3.8) is 0 Å². The fraction of sp³-hybridized carbons (Fsp3) is 0.533. The molecule has 2 rings (SSSR count). The van der Waals surface area contributed by atoms with E-state index in [2.05, 4.69) is 4.90 Å². The lowest BCUT2D eigenvalue weighted by Crippen LogP contribution is -2.27. The van der Waals surface area contributed by atoms with Gasteiger partial charge in [-0.05, 0) is 43.6 Å². The molecule has 0 bridgehead atoms. The van der Waals surface area contributed by atoms with Crippen LogP contribution in [-0.4, -0.2) is 43.3 Å². The molecule has 1 heterocycles. The number of carboxylic acid groups (broad SMARTS) is 1. The van der Waals surface area contributed by atoms with E-state index in [0.717, 1.165) is 31.5 Å². The van der Waals surface area contributed by atoms with Gasteiger partial charge in [-0.15, -0.1) is 0 Å². The molecule has 0 aliphatic carbocycles. The first kappa shape index (κ1) is 14.7. The van der Waals surface area contributed by atoms with Crippen LogP contribution in [0.1, 0.15) is 30.9 Å². The third kappa shape index (κ3) is 3.22. The second-order valence-electron chi connectivity index (χ2n) is 4.97. The lowest BCUT2D eigenvalue weighted by molar-refractivity contribution is -0.138. The molecule has 1 aliphatic rings. The molecule has 1 aromatic carbocycles. The van der Waals surface area contributed by atoms with Crippen molar-refractivity contribution in [1.29, 1.82) is 0 Å². The molecule has 0 amide bonds. The van der Waals surface area contributed by atoms with Gasteiger partial charge in [0.2, 0.25) is 0 Å². The largest absolute Gasteiger partial charge is 0.493 e. The molecule has 5 nitrogen and oxygen atoms in total. The van der Waals surface area contributed by atoms with Crippen LogP contribution >= 0.6 is 0 Å². The van der Waals surface area contributed by atoms with Gasteiger partial charge in [-0.25, -0.2) is 0 Å². The van der Waals surface area contributed by atoms with Crippen LogP contribution in [0.15, 0.2) is 18.2 Å². The summed E-state index contributed by atoms with van der Waals surface area (Å²) in [5.74, 6) is 0.517. The van der Waals surface area contributed by atoms with E-state index < -0.39 is 5.97 Å². The second kappa shape index (κ2) is 6.61. The number of methoxy groups -OCH3 is 2. The summed E-state index contributed by atoms with van der Waals surface area (Å²) in [5.41, 5.74) is 0.965. The minimum absolute atomic E-state index is 0.102. The van der Waals surface area contributed by atoms with E-state index >= 15 is 0 Å². The van der Waals surface area contributed by atoms with Gasteiger partial charge in [0.15, 0.2) is 11.5 Å². The molecule has 0 spiro atoms. The van der Waals surface area contributed by atoms with Crippen LogP contribution in [0.4, 0.5) is 0 Å². The predicted molar refractivity (Wildman–Crippen MR) is 75.3 cm³/mol. The highest BCUT2D eigenvalue weighted by molar-refractivity contribution is 5.68. The van der Waals surface area contributed by atoms with Crippen LogP contribution in [0.5, 0.6) is 11.5 Å². The van der Waals surface area contributed by atoms with Crippen molar-refractivity contribution in [1.82, 2.24) is 4.90 Å². The summed E-state index contributed by atoms with van der Waals surface area (Å²) < 4.78 is 10.5. The van der Waals surface area contributed by atoms with E-state index in [1.54, 1.807) is 14.2 Å². The van der Waals surface area contributed by atoms with E-state index in [4.69, 9.17) is 14.6 Å². The Hall–Kier alpha value is -1.75. The van der Waals surface area contributed by atoms with Gasteiger partial charge >= 0.3 is 5.97 Å². The van der Waals surface area contributed by atoms with Gasteiger partial charge < -0.3 is 14.6 Å². The number of benzene rings is 1. The van der Waals surface area contributed by atoms with Crippen LogP contribution in [0.25, 0.3) is 0 Å². The Balaban J connectivity index is 2.29. The van der Waals surface area contributed by atoms with Crippen molar-refractivity contribution in [3.05, 3.63) is 23.8 Å². The molecule has 0 aromatic heterocycles. The van der Waals surface area contributed by atoms with Gasteiger partial charge in [-0.1, -0.05) is 6.07 Å². The fourth-order valence-electron chi connectivity index (χ4n) is 2.74. The summed E-state index contributed by atoms with van der Waals surface area (Å²) in [7, 11) is 3.18. The summed E-state index contributed by atoms with van der Waals surface area (Å²) in [4.78, 5) is 13.4. The molecule has 1 fully saturated rings. The number of carboxylic acids is 1. The van der Waals surface area contributed by atoms with Gasteiger partial charge in [0, 0.05) is 6.04 Å². The second-order valence-corrected chi connectivity index (χ2v) is 4.97. The van der Waals surface area contributed by atoms with E-state index in [1.807, 2.05) is 18.2 Å². The van der Waals surface area contributed by atoms with Crippen LogP contribution in [-0.2, 0) is 4.79 Å². The number of hydrogen-bond donors (Lipinski definition) is 1. The van der Waals surface area contributed by atoms with E-state index in [9.17, 15) is 4.79 Å². The summed E-state index contributed by atoms with van der Waals surface area (Å²) in [5, 5.41) is 9.15. The van der Waals surface area contributed by atoms with Gasteiger partial charge in [0.25, 0.3) is 0 Å². The van der Waals surface area contributed by atoms with Crippen LogP contribution in [0, 0.1) is 0 Å². The Bertz CT molecular complexity index is 469. The molecule has 1 N–H and O–H groups in total. The molecular formula is C15H21NO4. The first-order valence-corrected chi connectivity index (χ1v) is 6.83. The van der Waals surface area contributed by atoms with Gasteiger partial charge in [-0.3, -0.25) is 9.69 Å². The van der Waals surface area contributed by atoms with Gasteiger partial charge in [0.05, 0.1) is 20.6 Å². The Morgan fingerprint density at radius 2 is 1.90 bits per heavy atom. The highest BCUT2D eigenvalue weighted by Crippen LogP contribution is 2.34. The van der Waals surface area contributed by atoms with Crippen LogP contribution in [0.2, 0.25) is 0 Å². The molecular weight excluding hydrogens is 258 g/mol. The van der Waals surface area contributed by atoms with E-state index in [0.29, 0.717) is 11.5 Å². The van der Waals surface area contributed by atoms with Crippen molar-refractivity contribution in [2.75, 3.05) is 27.3 Å². The Kier molecular flexibility index (Phi) is 4.84. The van der Waals surface area contributed by atoms with E-state index in [1.165, 1.54) is 0 Å². The number of rotatable bonds is 6. The Labute approximate surface area is 119 Å². The molecule has 1 unspecified atom stereocenters.